The quantitative estimate of drug-likeness (QED) is 0.368. The average molecular weight is 456 g/mol. The minimum Gasteiger partial charge on any atom is -0.395 e. The molecule has 0 amide bonds. The fourth-order valence-corrected chi connectivity index (χ4v) is 11.8. The van der Waals surface area contributed by atoms with E-state index in [2.05, 4.69) is 47.6 Å². The highest BCUT2D eigenvalue weighted by atomic mass is 32.2. The average Bonchev–Trinajstić information content (AvgIpc) is 2.74. The molecule has 0 aliphatic heterocycles. The lowest BCUT2D eigenvalue weighted by molar-refractivity contribution is 0.0956. The van der Waals surface area contributed by atoms with Gasteiger partial charge in [0, 0.05) is 10.5 Å². The number of benzene rings is 2. The van der Waals surface area contributed by atoms with Crippen LogP contribution in [0.5, 0.6) is 0 Å². The van der Waals surface area contributed by atoms with Crippen LogP contribution >= 0.6 is 0 Å². The summed E-state index contributed by atoms with van der Waals surface area (Å²) in [5, 5.41) is 10.5. The lowest BCUT2D eigenvalue weighted by Gasteiger charge is -2.47. The first-order valence-electron chi connectivity index (χ1n) is 11.2. The molecule has 0 bridgehead atoms. The normalized spacial score (nSPS) is 15.2. The van der Waals surface area contributed by atoms with Gasteiger partial charge in [-0.3, -0.25) is 0 Å². The Kier molecular flexibility index (Phi) is 8.44. The van der Waals surface area contributed by atoms with Gasteiger partial charge in [-0.15, -0.1) is 0 Å². The monoisotopic (exact) mass is 455 g/mol. The van der Waals surface area contributed by atoms with Gasteiger partial charge in [0.2, 0.25) is 8.32 Å². The van der Waals surface area contributed by atoms with E-state index in [4.69, 9.17) is 4.43 Å². The van der Waals surface area contributed by atoms with Crippen molar-refractivity contribution in [1.29, 1.82) is 5.26 Å². The Hall–Kier alpha value is -1.74. The molecule has 2 aromatic carbocycles. The molecule has 0 aromatic heterocycles. The maximum Gasteiger partial charge on any atom is 0.202 e. The summed E-state index contributed by atoms with van der Waals surface area (Å²) >= 11 is 0. The van der Waals surface area contributed by atoms with E-state index in [0.717, 1.165) is 16.0 Å². The first-order chi connectivity index (χ1) is 14.6. The second-order valence-electron chi connectivity index (χ2n) is 9.29. The lowest BCUT2D eigenvalue weighted by Crippen LogP contribution is -2.53. The highest BCUT2D eigenvalue weighted by molar-refractivity contribution is 7.85. The van der Waals surface area contributed by atoms with Gasteiger partial charge in [0.25, 0.3) is 0 Å². The molecule has 2 aromatic rings. The number of hydrogen-bond acceptors (Lipinski definition) is 3. The molecule has 2 rings (SSSR count). The van der Waals surface area contributed by atoms with Crippen molar-refractivity contribution >= 4 is 19.1 Å². The molecule has 1 unspecified atom stereocenters. The summed E-state index contributed by atoms with van der Waals surface area (Å²) in [6, 6.07) is 17.9. The number of nitriles is 1. The van der Waals surface area contributed by atoms with E-state index < -0.39 is 24.7 Å². The zero-order chi connectivity index (χ0) is 23.4. The SMILES string of the molecule is CC[C@](C#N)(O[Si](C(C)C)(C(C)C)C(C)C)c1ccccc1S(=O)c1ccc(C)cc1. The Morgan fingerprint density at radius 2 is 1.48 bits per heavy atom. The van der Waals surface area contributed by atoms with Gasteiger partial charge in [0.15, 0.2) is 5.60 Å². The Bertz CT molecular complexity index is 925. The van der Waals surface area contributed by atoms with Gasteiger partial charge in [0.05, 0.1) is 15.7 Å². The van der Waals surface area contributed by atoms with Gasteiger partial charge in [-0.25, -0.2) is 4.21 Å². The summed E-state index contributed by atoms with van der Waals surface area (Å²) in [5.74, 6) is 0. The van der Waals surface area contributed by atoms with Crippen LogP contribution in [0.15, 0.2) is 58.3 Å². The molecule has 0 radical (unpaired) electrons. The molecule has 0 aliphatic rings. The third-order valence-corrected chi connectivity index (χ3v) is 14.1. The molecule has 0 saturated heterocycles. The van der Waals surface area contributed by atoms with E-state index in [0.29, 0.717) is 27.9 Å². The van der Waals surface area contributed by atoms with Crippen LogP contribution in [0.25, 0.3) is 0 Å². The highest BCUT2D eigenvalue weighted by Gasteiger charge is 2.51. The summed E-state index contributed by atoms with van der Waals surface area (Å²) in [4.78, 5) is 1.40. The summed E-state index contributed by atoms with van der Waals surface area (Å²) < 4.78 is 20.7. The van der Waals surface area contributed by atoms with Crippen LogP contribution in [0, 0.1) is 18.3 Å². The predicted octanol–water partition coefficient (Wildman–Crippen LogP) is 7.48. The molecule has 0 spiro atoms. The van der Waals surface area contributed by atoms with Crippen molar-refractivity contribution in [2.45, 2.75) is 93.8 Å². The van der Waals surface area contributed by atoms with Crippen LogP contribution in [0.4, 0.5) is 0 Å². The molecular weight excluding hydrogens is 418 g/mol. The minimum absolute atomic E-state index is 0.349. The maximum atomic E-state index is 13.6. The van der Waals surface area contributed by atoms with Gasteiger partial charge in [-0.2, -0.15) is 5.26 Å². The molecular formula is C26H37NO2SSi. The van der Waals surface area contributed by atoms with Crippen molar-refractivity contribution in [3.63, 3.8) is 0 Å². The highest BCUT2D eigenvalue weighted by Crippen LogP contribution is 2.48. The molecule has 0 aliphatic carbocycles. The van der Waals surface area contributed by atoms with E-state index in [1.165, 1.54) is 0 Å². The first kappa shape index (κ1) is 25.5. The third-order valence-electron chi connectivity index (χ3n) is 6.49. The zero-order valence-corrected chi connectivity index (χ0v) is 22.0. The Morgan fingerprint density at radius 3 is 1.94 bits per heavy atom. The summed E-state index contributed by atoms with van der Waals surface area (Å²) in [6.45, 7) is 17.3. The summed E-state index contributed by atoms with van der Waals surface area (Å²) in [6.07, 6.45) is 0.506. The molecule has 0 N–H and O–H groups in total. The zero-order valence-electron chi connectivity index (χ0n) is 20.2. The van der Waals surface area contributed by atoms with Gasteiger partial charge in [0.1, 0.15) is 6.07 Å². The molecule has 168 valence electrons. The molecule has 0 fully saturated rings. The van der Waals surface area contributed by atoms with E-state index in [9.17, 15) is 9.47 Å². The van der Waals surface area contributed by atoms with Crippen molar-refractivity contribution in [1.82, 2.24) is 0 Å². The van der Waals surface area contributed by atoms with Crippen molar-refractivity contribution in [3.8, 4) is 6.07 Å². The van der Waals surface area contributed by atoms with Crippen molar-refractivity contribution < 1.29 is 8.63 Å². The lowest BCUT2D eigenvalue weighted by atomic mass is 9.93. The number of aryl methyl sites for hydroxylation is 1. The fourth-order valence-electron chi connectivity index (χ4n) is 4.89. The van der Waals surface area contributed by atoms with E-state index in [1.807, 2.05) is 62.4 Å². The molecule has 0 saturated carbocycles. The summed E-state index contributed by atoms with van der Waals surface area (Å²) in [7, 11) is -3.75. The van der Waals surface area contributed by atoms with E-state index >= 15 is 0 Å². The smallest absolute Gasteiger partial charge is 0.202 e. The van der Waals surface area contributed by atoms with Gasteiger partial charge >= 0.3 is 0 Å². The Morgan fingerprint density at radius 1 is 0.968 bits per heavy atom. The molecule has 5 heteroatoms. The summed E-state index contributed by atoms with van der Waals surface area (Å²) in [5.41, 5.74) is 1.78. The van der Waals surface area contributed by atoms with Gasteiger partial charge in [-0.05, 0) is 48.2 Å². The van der Waals surface area contributed by atoms with Crippen LogP contribution in [-0.2, 0) is 20.8 Å². The number of nitrogens with zero attached hydrogens (tertiary/aromatic N) is 1. The second-order valence-corrected chi connectivity index (χ2v) is 16.1. The second kappa shape index (κ2) is 10.2. The van der Waals surface area contributed by atoms with E-state index in [-0.39, 0.29) is 0 Å². The van der Waals surface area contributed by atoms with Crippen molar-refractivity contribution in [3.05, 3.63) is 59.7 Å². The maximum absolute atomic E-state index is 13.6. The minimum atomic E-state index is -2.35. The first-order valence-corrected chi connectivity index (χ1v) is 14.5. The molecule has 2 atom stereocenters. The number of rotatable bonds is 9. The standard InChI is InChI=1S/C26H37NO2SSi/c1-9-26(18-27,29-31(19(2)3,20(4)5)21(6)7)24-12-10-11-13-25(24)30(28)23-16-14-22(8)15-17-23/h10-17,19-21H,9H2,1-8H3/t26-,30?/m1/s1. The van der Waals surface area contributed by atoms with Crippen LogP contribution in [0.2, 0.25) is 16.6 Å². The molecule has 31 heavy (non-hydrogen) atoms. The molecule has 0 heterocycles. The topological polar surface area (TPSA) is 50.1 Å². The fraction of sp³-hybridized carbons (Fsp3) is 0.500. The van der Waals surface area contributed by atoms with Crippen LogP contribution in [0.3, 0.4) is 0 Å². The van der Waals surface area contributed by atoms with Crippen LogP contribution < -0.4 is 0 Å². The molecule has 3 nitrogen and oxygen atoms in total. The van der Waals surface area contributed by atoms with Gasteiger partial charge < -0.3 is 4.43 Å². The van der Waals surface area contributed by atoms with Crippen molar-refractivity contribution in [2.75, 3.05) is 0 Å². The third kappa shape index (κ3) is 4.87. The predicted molar refractivity (Wildman–Crippen MR) is 132 cm³/mol. The Balaban J connectivity index is 2.69. The Labute approximate surface area is 192 Å². The van der Waals surface area contributed by atoms with Crippen LogP contribution in [0.1, 0.15) is 66.0 Å². The van der Waals surface area contributed by atoms with E-state index in [1.54, 1.807) is 0 Å². The largest absolute Gasteiger partial charge is 0.395 e. The van der Waals surface area contributed by atoms with Crippen LogP contribution in [-0.4, -0.2) is 12.5 Å². The van der Waals surface area contributed by atoms with Gasteiger partial charge in [-0.1, -0.05) is 84.4 Å². The number of hydrogen-bond donors (Lipinski definition) is 0. The van der Waals surface area contributed by atoms with Crippen molar-refractivity contribution in [2.24, 2.45) is 0 Å².